The van der Waals surface area contributed by atoms with Gasteiger partial charge in [-0.15, -0.1) is 0 Å². The first kappa shape index (κ1) is 15.0. The largest absolute Gasteiger partial charge is 0.280 e. The number of nitro benzene ring substituents is 1. The molecule has 23 heavy (non-hydrogen) atoms. The summed E-state index contributed by atoms with van der Waals surface area (Å²) in [5, 5.41) is 10.6. The summed E-state index contributed by atoms with van der Waals surface area (Å²) in [5.74, 6) is 0. The molecule has 1 aromatic rings. The number of hydrogen-bond donors (Lipinski definition) is 1. The molecule has 1 N–H and O–H groups in total. The van der Waals surface area contributed by atoms with E-state index in [9.17, 15) is 18.5 Å². The van der Waals surface area contributed by atoms with Crippen molar-refractivity contribution in [2.75, 3.05) is 4.72 Å². The van der Waals surface area contributed by atoms with Gasteiger partial charge in [-0.3, -0.25) is 14.8 Å². The van der Waals surface area contributed by atoms with Crippen LogP contribution in [0, 0.1) is 10.1 Å². The maximum Gasteiger partial charge on any atom is 0.269 e. The lowest BCUT2D eigenvalue weighted by Gasteiger charge is -2.05. The van der Waals surface area contributed by atoms with Crippen LogP contribution >= 0.6 is 0 Å². The van der Waals surface area contributed by atoms with E-state index in [4.69, 9.17) is 0 Å². The Bertz CT molecular complexity index is 906. The van der Waals surface area contributed by atoms with E-state index in [2.05, 4.69) is 4.72 Å². The Morgan fingerprint density at radius 3 is 1.96 bits per heavy atom. The molecule has 0 amide bonds. The highest BCUT2D eigenvalue weighted by Crippen LogP contribution is 2.29. The second-order valence-electron chi connectivity index (χ2n) is 4.92. The molecule has 0 atom stereocenters. The Hall–Kier alpha value is -2.93. The van der Waals surface area contributed by atoms with E-state index >= 15 is 0 Å². The highest BCUT2D eigenvalue weighted by atomic mass is 32.2. The number of non-ortho nitro benzene ring substituents is 1. The highest BCUT2D eigenvalue weighted by molar-refractivity contribution is 7.92. The number of fused-ring (bicyclic) bond motifs is 1. The fraction of sp³-hybridized carbons (Fsp3) is 0. The molecule has 2 aliphatic rings. The lowest BCUT2D eigenvalue weighted by atomic mass is 10.2. The smallest absolute Gasteiger partial charge is 0.269 e. The number of hydrogen-bond acceptors (Lipinski definition) is 4. The van der Waals surface area contributed by atoms with Crippen LogP contribution in [0.25, 0.3) is 11.1 Å². The molecule has 0 aliphatic heterocycles. The quantitative estimate of drug-likeness (QED) is 0.586. The molecule has 0 bridgehead atoms. The van der Waals surface area contributed by atoms with Gasteiger partial charge < -0.3 is 0 Å². The number of nitrogens with zero attached hydrogens (tertiary/aromatic N) is 1. The lowest BCUT2D eigenvalue weighted by Crippen LogP contribution is -2.12. The van der Waals surface area contributed by atoms with Gasteiger partial charge in [0, 0.05) is 12.1 Å². The van der Waals surface area contributed by atoms with Gasteiger partial charge in [-0.25, -0.2) is 8.42 Å². The van der Waals surface area contributed by atoms with E-state index in [0.29, 0.717) is 5.69 Å². The third-order valence-corrected chi connectivity index (χ3v) is 4.74. The van der Waals surface area contributed by atoms with Crippen molar-refractivity contribution in [1.29, 1.82) is 0 Å². The first-order valence-corrected chi connectivity index (χ1v) is 8.20. The number of sulfonamides is 1. The maximum absolute atomic E-state index is 12.3. The maximum atomic E-state index is 12.3. The Morgan fingerprint density at radius 1 is 0.870 bits per heavy atom. The van der Waals surface area contributed by atoms with Crippen molar-refractivity contribution in [2.24, 2.45) is 0 Å². The second kappa shape index (κ2) is 5.69. The molecular formula is C16H12N2O4S. The van der Waals surface area contributed by atoms with Gasteiger partial charge in [0.05, 0.1) is 15.5 Å². The Labute approximate surface area is 132 Å². The zero-order valence-corrected chi connectivity index (χ0v) is 12.7. The molecule has 2 aliphatic carbocycles. The van der Waals surface area contributed by atoms with Gasteiger partial charge in [-0.05, 0) is 35.4 Å². The standard InChI is InChI=1S/C16H12N2O4S/c19-18(20)15-6-8-16(9-7-15)23(21,22)17-14-10-12-4-2-1-3-5-13(12)11-14/h1-11,17H. The molecule has 0 aromatic heterocycles. The molecule has 0 fully saturated rings. The molecule has 0 heterocycles. The first-order chi connectivity index (χ1) is 11.0. The van der Waals surface area contributed by atoms with Crippen LogP contribution < -0.4 is 4.72 Å². The van der Waals surface area contributed by atoms with Crippen LogP contribution in [0.15, 0.2) is 71.6 Å². The van der Waals surface area contributed by atoms with Crippen molar-refractivity contribution in [1.82, 2.24) is 0 Å². The third-order valence-electron chi connectivity index (χ3n) is 3.34. The van der Waals surface area contributed by atoms with Gasteiger partial charge in [0.15, 0.2) is 0 Å². The van der Waals surface area contributed by atoms with E-state index < -0.39 is 14.9 Å². The minimum atomic E-state index is -3.79. The summed E-state index contributed by atoms with van der Waals surface area (Å²) in [6.45, 7) is 0. The van der Waals surface area contributed by atoms with Crippen molar-refractivity contribution in [3.63, 3.8) is 0 Å². The molecule has 7 heteroatoms. The summed E-state index contributed by atoms with van der Waals surface area (Å²) in [6.07, 6.45) is 0. The van der Waals surface area contributed by atoms with Crippen molar-refractivity contribution in [3.8, 4) is 11.1 Å². The summed E-state index contributed by atoms with van der Waals surface area (Å²) >= 11 is 0. The van der Waals surface area contributed by atoms with E-state index in [1.165, 1.54) is 12.1 Å². The fourth-order valence-electron chi connectivity index (χ4n) is 2.23. The van der Waals surface area contributed by atoms with E-state index in [1.807, 2.05) is 30.3 Å². The van der Waals surface area contributed by atoms with Crippen molar-refractivity contribution in [2.45, 2.75) is 4.90 Å². The molecule has 6 nitrogen and oxygen atoms in total. The number of nitrogens with one attached hydrogen (secondary N) is 1. The molecule has 3 rings (SSSR count). The predicted molar refractivity (Wildman–Crippen MR) is 87.0 cm³/mol. The van der Waals surface area contributed by atoms with Crippen LogP contribution in [0.5, 0.6) is 0 Å². The topological polar surface area (TPSA) is 89.3 Å². The SMILES string of the molecule is O=[N+]([O-])c1ccc(S(=O)(=O)Nc2cc3cccccc-3c2)cc1. The summed E-state index contributed by atoms with van der Waals surface area (Å²) in [4.78, 5) is 10.0. The lowest BCUT2D eigenvalue weighted by molar-refractivity contribution is -0.384. The number of rotatable bonds is 4. The zero-order chi connectivity index (χ0) is 16.4. The monoisotopic (exact) mass is 328 g/mol. The van der Waals surface area contributed by atoms with Gasteiger partial charge in [-0.1, -0.05) is 30.3 Å². The van der Waals surface area contributed by atoms with Crippen LogP contribution in [0.2, 0.25) is 0 Å². The number of benzene rings is 1. The zero-order valence-electron chi connectivity index (χ0n) is 11.8. The normalized spacial score (nSPS) is 11.3. The van der Waals surface area contributed by atoms with Crippen LogP contribution in [-0.2, 0) is 10.0 Å². The van der Waals surface area contributed by atoms with Gasteiger partial charge in [0.1, 0.15) is 0 Å². The highest BCUT2D eigenvalue weighted by Gasteiger charge is 2.17. The summed E-state index contributed by atoms with van der Waals surface area (Å²) in [5.41, 5.74) is 2.12. The molecule has 0 saturated carbocycles. The van der Waals surface area contributed by atoms with Gasteiger partial charge in [-0.2, -0.15) is 0 Å². The molecule has 0 unspecified atom stereocenters. The Balaban J connectivity index is 1.91. The van der Waals surface area contributed by atoms with Crippen LogP contribution in [0.1, 0.15) is 0 Å². The number of nitro groups is 1. The molecule has 1 aromatic carbocycles. The van der Waals surface area contributed by atoms with E-state index in [1.54, 1.807) is 12.1 Å². The fourth-order valence-corrected chi connectivity index (χ4v) is 3.28. The van der Waals surface area contributed by atoms with Crippen LogP contribution in [0.4, 0.5) is 11.4 Å². The van der Waals surface area contributed by atoms with Gasteiger partial charge in [0.2, 0.25) is 0 Å². The molecule has 116 valence electrons. The Morgan fingerprint density at radius 2 is 1.43 bits per heavy atom. The molecule has 0 radical (unpaired) electrons. The first-order valence-electron chi connectivity index (χ1n) is 6.72. The van der Waals surface area contributed by atoms with Gasteiger partial charge >= 0.3 is 0 Å². The third kappa shape index (κ3) is 3.14. The second-order valence-corrected chi connectivity index (χ2v) is 6.60. The van der Waals surface area contributed by atoms with Crippen molar-refractivity contribution < 1.29 is 13.3 Å². The minimum absolute atomic E-state index is 0.0288. The summed E-state index contributed by atoms with van der Waals surface area (Å²) in [7, 11) is -3.79. The summed E-state index contributed by atoms with van der Waals surface area (Å²) in [6, 6.07) is 17.6. The number of anilines is 1. The molecule has 0 spiro atoms. The predicted octanol–water partition coefficient (Wildman–Crippen LogP) is 3.50. The van der Waals surface area contributed by atoms with Crippen LogP contribution in [0.3, 0.4) is 0 Å². The van der Waals surface area contributed by atoms with Crippen molar-refractivity contribution in [3.05, 3.63) is 76.8 Å². The molecule has 0 saturated heterocycles. The average Bonchev–Trinajstić information content (AvgIpc) is 2.75. The van der Waals surface area contributed by atoms with E-state index in [0.717, 1.165) is 23.3 Å². The van der Waals surface area contributed by atoms with E-state index in [-0.39, 0.29) is 10.6 Å². The molecular weight excluding hydrogens is 316 g/mol. The van der Waals surface area contributed by atoms with Crippen LogP contribution in [-0.4, -0.2) is 13.3 Å². The minimum Gasteiger partial charge on any atom is -0.280 e. The summed E-state index contributed by atoms with van der Waals surface area (Å²) < 4.78 is 27.2. The van der Waals surface area contributed by atoms with Gasteiger partial charge in [0.25, 0.3) is 15.7 Å². The van der Waals surface area contributed by atoms with Crippen molar-refractivity contribution >= 4 is 21.4 Å². The Kier molecular flexibility index (Phi) is 3.71. The average molecular weight is 328 g/mol.